The second-order valence-electron chi connectivity index (χ2n) is 3.83. The van der Waals surface area contributed by atoms with Crippen LogP contribution in [0.25, 0.3) is 6.08 Å². The van der Waals surface area contributed by atoms with Crippen molar-refractivity contribution in [3.8, 4) is 6.07 Å². The van der Waals surface area contributed by atoms with Gasteiger partial charge in [0.2, 0.25) is 0 Å². The molecule has 0 atom stereocenters. The fourth-order valence-electron chi connectivity index (χ4n) is 1.35. The van der Waals surface area contributed by atoms with Gasteiger partial charge in [-0.25, -0.2) is 0 Å². The van der Waals surface area contributed by atoms with Crippen molar-refractivity contribution in [3.63, 3.8) is 0 Å². The molecule has 0 aromatic heterocycles. The number of halogens is 1. The van der Waals surface area contributed by atoms with Crippen molar-refractivity contribution in [2.75, 3.05) is 6.54 Å². The van der Waals surface area contributed by atoms with E-state index < -0.39 is 0 Å². The third kappa shape index (κ3) is 4.72. The smallest absolute Gasteiger partial charge is 0.261 e. The Bertz CT molecular complexity index is 472. The van der Waals surface area contributed by atoms with Gasteiger partial charge in [0.25, 0.3) is 5.91 Å². The van der Waals surface area contributed by atoms with Crippen LogP contribution in [0.15, 0.2) is 34.3 Å². The van der Waals surface area contributed by atoms with Gasteiger partial charge in [-0.2, -0.15) is 5.26 Å². The van der Waals surface area contributed by atoms with Crippen LogP contribution in [0.2, 0.25) is 0 Å². The largest absolute Gasteiger partial charge is 0.351 e. The lowest BCUT2D eigenvalue weighted by molar-refractivity contribution is -0.117. The first kappa shape index (κ1) is 14.5. The van der Waals surface area contributed by atoms with E-state index in [0.29, 0.717) is 6.54 Å². The molecule has 0 saturated heterocycles. The third-order valence-corrected chi connectivity index (χ3v) is 2.89. The van der Waals surface area contributed by atoms with Gasteiger partial charge in [-0.15, -0.1) is 0 Å². The van der Waals surface area contributed by atoms with Crippen LogP contribution >= 0.6 is 15.9 Å². The number of nitrogens with one attached hydrogen (secondary N) is 1. The fraction of sp³-hybridized carbons (Fsp3) is 0.286. The van der Waals surface area contributed by atoms with Crippen LogP contribution in [0.1, 0.15) is 25.3 Å². The lowest BCUT2D eigenvalue weighted by atomic mass is 10.1. The van der Waals surface area contributed by atoms with Crippen molar-refractivity contribution in [3.05, 3.63) is 39.9 Å². The first-order valence-electron chi connectivity index (χ1n) is 5.83. The summed E-state index contributed by atoms with van der Waals surface area (Å²) in [5.74, 6) is -0.311. The minimum Gasteiger partial charge on any atom is -0.351 e. The minimum atomic E-state index is -0.311. The normalized spacial score (nSPS) is 10.8. The van der Waals surface area contributed by atoms with E-state index in [0.717, 1.165) is 22.9 Å². The van der Waals surface area contributed by atoms with Crippen molar-refractivity contribution in [2.45, 2.75) is 19.8 Å². The summed E-state index contributed by atoms with van der Waals surface area (Å²) < 4.78 is 0.963. The number of benzene rings is 1. The number of nitrogens with zero attached hydrogens (tertiary/aromatic N) is 1. The number of carbonyl (C=O) groups is 1. The van der Waals surface area contributed by atoms with Crippen LogP contribution in [0.4, 0.5) is 0 Å². The van der Waals surface area contributed by atoms with Crippen molar-refractivity contribution in [2.24, 2.45) is 0 Å². The highest BCUT2D eigenvalue weighted by Crippen LogP contribution is 2.13. The molecule has 1 rings (SSSR count). The average molecular weight is 307 g/mol. The summed E-state index contributed by atoms with van der Waals surface area (Å²) in [6, 6.07) is 9.37. The standard InChI is InChI=1S/C14H15BrN2O/c1-2-3-8-17-14(18)12(10-16)9-11-4-6-13(15)7-5-11/h4-7,9H,2-3,8H2,1H3,(H,17,18)/b12-9+. The van der Waals surface area contributed by atoms with Crippen molar-refractivity contribution in [1.82, 2.24) is 5.32 Å². The summed E-state index contributed by atoms with van der Waals surface area (Å²) in [6.45, 7) is 2.66. The van der Waals surface area contributed by atoms with Crippen LogP contribution in [-0.2, 0) is 4.79 Å². The topological polar surface area (TPSA) is 52.9 Å². The van der Waals surface area contributed by atoms with Crippen LogP contribution < -0.4 is 5.32 Å². The third-order valence-electron chi connectivity index (χ3n) is 2.36. The highest BCUT2D eigenvalue weighted by Gasteiger charge is 2.07. The predicted molar refractivity (Wildman–Crippen MR) is 75.6 cm³/mol. The Morgan fingerprint density at radius 3 is 2.67 bits per heavy atom. The lowest BCUT2D eigenvalue weighted by Crippen LogP contribution is -2.25. The van der Waals surface area contributed by atoms with Gasteiger partial charge in [-0.05, 0) is 30.2 Å². The SMILES string of the molecule is CCCCNC(=O)/C(C#N)=C/c1ccc(Br)cc1. The van der Waals surface area contributed by atoms with Crippen LogP contribution in [0.5, 0.6) is 0 Å². The zero-order chi connectivity index (χ0) is 13.4. The van der Waals surface area contributed by atoms with E-state index in [1.54, 1.807) is 6.08 Å². The molecular formula is C14H15BrN2O. The van der Waals surface area contributed by atoms with Crippen LogP contribution in [0.3, 0.4) is 0 Å². The summed E-state index contributed by atoms with van der Waals surface area (Å²) in [7, 11) is 0. The zero-order valence-corrected chi connectivity index (χ0v) is 11.8. The summed E-state index contributed by atoms with van der Waals surface area (Å²) in [5, 5.41) is 11.7. The van der Waals surface area contributed by atoms with Gasteiger partial charge in [-0.1, -0.05) is 41.4 Å². The predicted octanol–water partition coefficient (Wildman–Crippen LogP) is 3.27. The van der Waals surface area contributed by atoms with E-state index in [-0.39, 0.29) is 11.5 Å². The van der Waals surface area contributed by atoms with Gasteiger partial charge in [0.1, 0.15) is 11.6 Å². The molecule has 0 bridgehead atoms. The van der Waals surface area contributed by atoms with E-state index in [9.17, 15) is 4.79 Å². The van der Waals surface area contributed by atoms with Gasteiger partial charge in [0.15, 0.2) is 0 Å². The Labute approximate surface area is 116 Å². The maximum absolute atomic E-state index is 11.7. The van der Waals surface area contributed by atoms with E-state index in [1.807, 2.05) is 30.3 Å². The molecule has 0 aliphatic carbocycles. The molecule has 18 heavy (non-hydrogen) atoms. The monoisotopic (exact) mass is 306 g/mol. The molecule has 0 radical (unpaired) electrons. The van der Waals surface area contributed by atoms with Gasteiger partial charge in [0.05, 0.1) is 0 Å². The molecule has 3 nitrogen and oxygen atoms in total. The molecule has 4 heteroatoms. The van der Waals surface area contributed by atoms with E-state index in [1.165, 1.54) is 0 Å². The van der Waals surface area contributed by atoms with Gasteiger partial charge >= 0.3 is 0 Å². The van der Waals surface area contributed by atoms with Crippen LogP contribution in [-0.4, -0.2) is 12.5 Å². The number of rotatable bonds is 5. The quantitative estimate of drug-likeness (QED) is 0.515. The first-order valence-corrected chi connectivity index (χ1v) is 6.62. The number of hydrogen-bond acceptors (Lipinski definition) is 2. The summed E-state index contributed by atoms with van der Waals surface area (Å²) in [6.07, 6.45) is 3.52. The highest BCUT2D eigenvalue weighted by molar-refractivity contribution is 9.10. The number of hydrogen-bond donors (Lipinski definition) is 1. The molecule has 1 amide bonds. The van der Waals surface area contributed by atoms with Crippen LogP contribution in [0, 0.1) is 11.3 Å². The minimum absolute atomic E-state index is 0.133. The maximum atomic E-state index is 11.7. The van der Waals surface area contributed by atoms with E-state index >= 15 is 0 Å². The number of nitriles is 1. The molecule has 1 aromatic carbocycles. The number of unbranched alkanes of at least 4 members (excludes halogenated alkanes) is 1. The molecule has 0 spiro atoms. The fourth-order valence-corrected chi connectivity index (χ4v) is 1.61. The Morgan fingerprint density at radius 1 is 1.44 bits per heavy atom. The van der Waals surface area contributed by atoms with Crippen molar-refractivity contribution < 1.29 is 4.79 Å². The lowest BCUT2D eigenvalue weighted by Gasteiger charge is -2.02. The molecule has 0 aliphatic rings. The average Bonchev–Trinajstić information content (AvgIpc) is 2.38. The highest BCUT2D eigenvalue weighted by atomic mass is 79.9. The summed E-state index contributed by atoms with van der Waals surface area (Å²) >= 11 is 3.33. The van der Waals surface area contributed by atoms with Gasteiger partial charge < -0.3 is 5.32 Å². The molecule has 1 N–H and O–H groups in total. The molecule has 0 fully saturated rings. The summed E-state index contributed by atoms with van der Waals surface area (Å²) in [4.78, 5) is 11.7. The molecule has 1 aromatic rings. The Balaban J connectivity index is 2.74. The second-order valence-corrected chi connectivity index (χ2v) is 4.75. The van der Waals surface area contributed by atoms with Crippen molar-refractivity contribution in [1.29, 1.82) is 5.26 Å². The molecule has 0 unspecified atom stereocenters. The van der Waals surface area contributed by atoms with Gasteiger partial charge in [-0.3, -0.25) is 4.79 Å². The molecular weight excluding hydrogens is 292 g/mol. The molecule has 0 saturated carbocycles. The zero-order valence-electron chi connectivity index (χ0n) is 10.2. The Kier molecular flexibility index (Phi) is 6.16. The Hall–Kier alpha value is -1.60. The van der Waals surface area contributed by atoms with E-state index in [2.05, 4.69) is 28.2 Å². The van der Waals surface area contributed by atoms with Gasteiger partial charge in [0, 0.05) is 11.0 Å². The molecule has 0 aliphatic heterocycles. The molecule has 0 heterocycles. The van der Waals surface area contributed by atoms with E-state index in [4.69, 9.17) is 5.26 Å². The second kappa shape index (κ2) is 7.67. The summed E-state index contributed by atoms with van der Waals surface area (Å²) in [5.41, 5.74) is 0.966. The maximum Gasteiger partial charge on any atom is 0.261 e. The first-order chi connectivity index (χ1) is 8.67. The Morgan fingerprint density at radius 2 is 2.11 bits per heavy atom. The van der Waals surface area contributed by atoms with Crippen molar-refractivity contribution >= 4 is 27.9 Å². The molecule has 94 valence electrons. The number of amides is 1. The number of carbonyl (C=O) groups excluding carboxylic acids is 1.